The topological polar surface area (TPSA) is 34.1 Å². The van der Waals surface area contributed by atoms with Gasteiger partial charge in [-0.05, 0) is 67.3 Å². The summed E-state index contributed by atoms with van der Waals surface area (Å²) in [6, 6.07) is 15.1. The van der Waals surface area contributed by atoms with Crippen molar-refractivity contribution >= 4 is 37.5 Å². The molecule has 2 atom stereocenters. The Balaban J connectivity index is 2.32. The summed E-state index contributed by atoms with van der Waals surface area (Å²) in [5.74, 6) is 0. The first kappa shape index (κ1) is 24.0. The zero-order valence-corrected chi connectivity index (χ0v) is 20.8. The van der Waals surface area contributed by atoms with E-state index in [1.165, 1.54) is 0 Å². The number of halogens is 1. The fraction of sp³-hybridized carbons (Fsp3) is 0.333. The van der Waals surface area contributed by atoms with E-state index in [1.54, 1.807) is 0 Å². The van der Waals surface area contributed by atoms with E-state index in [-0.39, 0.29) is 5.41 Å². The van der Waals surface area contributed by atoms with Crippen LogP contribution in [0.15, 0.2) is 79.7 Å². The smallest absolute Gasteiger partial charge is 0.109 e. The van der Waals surface area contributed by atoms with Gasteiger partial charge >= 0.3 is 0 Å². The Morgan fingerprint density at radius 1 is 0.931 bits per heavy atom. The molecule has 0 saturated carbocycles. The first-order valence-corrected chi connectivity index (χ1v) is 12.7. The molecule has 2 nitrogen and oxygen atoms in total. The van der Waals surface area contributed by atoms with Crippen LogP contribution in [-0.4, -0.2) is 8.42 Å². The predicted molar refractivity (Wildman–Crippen MR) is 129 cm³/mol. The second-order valence-electron chi connectivity index (χ2n) is 8.08. The first-order valence-electron chi connectivity index (χ1n) is 9.59. The van der Waals surface area contributed by atoms with Crippen molar-refractivity contribution in [1.82, 2.24) is 0 Å². The van der Waals surface area contributed by atoms with Crippen LogP contribution in [0.4, 0.5) is 0 Å². The van der Waals surface area contributed by atoms with Gasteiger partial charge in [-0.1, -0.05) is 77.8 Å². The highest BCUT2D eigenvalue weighted by molar-refractivity contribution is 9.11. The van der Waals surface area contributed by atoms with Gasteiger partial charge in [0.05, 0.1) is 21.6 Å². The highest BCUT2D eigenvalue weighted by Crippen LogP contribution is 2.33. The summed E-state index contributed by atoms with van der Waals surface area (Å²) < 4.78 is 28.0. The summed E-state index contributed by atoms with van der Waals surface area (Å²) >= 11 is 3.44. The maximum absolute atomic E-state index is 13.3. The van der Waals surface area contributed by atoms with Crippen molar-refractivity contribution in [3.05, 3.63) is 81.0 Å². The standard InChI is InChI=1S/C24H29BrO2S2/c1-18-8-12-21(13-9-18)28(26)23(7-6-16-24(4,5)17-20(3)25)29(27)22-14-10-19(2)11-15-22/h7-15H,3,6,16-17H2,1-2,4-5H3. The number of aryl methyl sites for hydroxylation is 2. The van der Waals surface area contributed by atoms with E-state index in [1.807, 2.05) is 68.5 Å². The van der Waals surface area contributed by atoms with Crippen LogP contribution < -0.4 is 0 Å². The summed E-state index contributed by atoms with van der Waals surface area (Å²) in [7, 11) is -2.94. The molecule has 0 radical (unpaired) electrons. The minimum atomic E-state index is -1.47. The summed E-state index contributed by atoms with van der Waals surface area (Å²) in [5.41, 5.74) is 2.26. The molecule has 0 heterocycles. The van der Waals surface area contributed by atoms with Crippen LogP contribution in [0.3, 0.4) is 0 Å². The number of hydrogen-bond donors (Lipinski definition) is 0. The van der Waals surface area contributed by atoms with Crippen molar-refractivity contribution < 1.29 is 8.42 Å². The van der Waals surface area contributed by atoms with Crippen molar-refractivity contribution in [1.29, 1.82) is 0 Å². The SMILES string of the molecule is C=C(Br)CC(C)(C)CCC=C(S(=O)c1ccc(C)cc1)S(=O)c1ccc(C)cc1. The van der Waals surface area contributed by atoms with Crippen molar-refractivity contribution in [2.24, 2.45) is 5.41 Å². The molecule has 156 valence electrons. The summed E-state index contributed by atoms with van der Waals surface area (Å²) in [5, 5.41) is 0. The van der Waals surface area contributed by atoms with Gasteiger partial charge in [-0.15, -0.1) is 0 Å². The highest BCUT2D eigenvalue weighted by Gasteiger charge is 2.21. The van der Waals surface area contributed by atoms with Crippen molar-refractivity contribution in [3.63, 3.8) is 0 Å². The minimum absolute atomic E-state index is 0.0545. The zero-order valence-electron chi connectivity index (χ0n) is 17.5. The number of allylic oxidation sites excluding steroid dienone is 2. The van der Waals surface area contributed by atoms with Crippen LogP contribution >= 0.6 is 15.9 Å². The third kappa shape index (κ3) is 7.47. The molecule has 0 N–H and O–H groups in total. The molecule has 2 aromatic rings. The lowest BCUT2D eigenvalue weighted by Gasteiger charge is -2.23. The average Bonchev–Trinajstić information content (AvgIpc) is 2.64. The Morgan fingerprint density at radius 2 is 1.34 bits per heavy atom. The van der Waals surface area contributed by atoms with Crippen LogP contribution in [0.2, 0.25) is 0 Å². The Bertz CT molecular complexity index is 867. The Hall–Kier alpha value is -1.30. The lowest BCUT2D eigenvalue weighted by atomic mass is 9.84. The van der Waals surface area contributed by atoms with Gasteiger partial charge in [-0.25, -0.2) is 8.42 Å². The number of benzene rings is 2. The molecule has 2 rings (SSSR count). The fourth-order valence-electron chi connectivity index (χ4n) is 2.96. The molecule has 0 bridgehead atoms. The van der Waals surface area contributed by atoms with E-state index in [0.29, 0.717) is 20.4 Å². The van der Waals surface area contributed by atoms with Crippen LogP contribution in [0.5, 0.6) is 0 Å². The van der Waals surface area contributed by atoms with E-state index >= 15 is 0 Å². The van der Waals surface area contributed by atoms with E-state index in [9.17, 15) is 8.42 Å². The third-order valence-corrected chi connectivity index (χ3v) is 8.29. The van der Waals surface area contributed by atoms with Gasteiger partial charge in [0, 0.05) is 9.79 Å². The minimum Gasteiger partial charge on any atom is -0.248 e. The average molecular weight is 494 g/mol. The summed E-state index contributed by atoms with van der Waals surface area (Å²) in [6.45, 7) is 12.3. The van der Waals surface area contributed by atoms with E-state index in [0.717, 1.165) is 28.5 Å². The second kappa shape index (κ2) is 10.6. The fourth-order valence-corrected chi connectivity index (χ4v) is 6.62. The van der Waals surface area contributed by atoms with Gasteiger partial charge in [0.2, 0.25) is 0 Å². The quantitative estimate of drug-likeness (QED) is 0.371. The van der Waals surface area contributed by atoms with E-state index in [4.69, 9.17) is 0 Å². The zero-order chi connectivity index (χ0) is 21.6. The van der Waals surface area contributed by atoms with Crippen LogP contribution in [-0.2, 0) is 21.6 Å². The monoisotopic (exact) mass is 492 g/mol. The lowest BCUT2D eigenvalue weighted by Crippen LogP contribution is -2.11. The molecule has 0 fully saturated rings. The number of rotatable bonds is 9. The largest absolute Gasteiger partial charge is 0.248 e. The van der Waals surface area contributed by atoms with Crippen molar-refractivity contribution in [3.8, 4) is 0 Å². The van der Waals surface area contributed by atoms with Gasteiger partial charge in [0.15, 0.2) is 0 Å². The molecular weight excluding hydrogens is 464 g/mol. The first-order chi connectivity index (χ1) is 13.6. The molecule has 0 aliphatic heterocycles. The molecule has 0 amide bonds. The summed E-state index contributed by atoms with van der Waals surface area (Å²) in [6.07, 6.45) is 4.36. The molecular formula is C24H29BrO2S2. The van der Waals surface area contributed by atoms with Crippen LogP contribution in [0, 0.1) is 19.3 Å². The molecule has 2 aromatic carbocycles. The lowest BCUT2D eigenvalue weighted by molar-refractivity contribution is 0.341. The van der Waals surface area contributed by atoms with Crippen molar-refractivity contribution in [2.75, 3.05) is 0 Å². The predicted octanol–water partition coefficient (Wildman–Crippen LogP) is 7.17. The molecule has 29 heavy (non-hydrogen) atoms. The molecule has 0 aliphatic rings. The number of hydrogen-bond acceptors (Lipinski definition) is 2. The molecule has 0 aliphatic carbocycles. The second-order valence-corrected chi connectivity index (χ2v) is 12.4. The maximum atomic E-state index is 13.3. The van der Waals surface area contributed by atoms with Crippen LogP contribution in [0.25, 0.3) is 0 Å². The third-order valence-electron chi connectivity index (χ3n) is 4.64. The van der Waals surface area contributed by atoms with Gasteiger partial charge in [-0.3, -0.25) is 0 Å². The molecule has 2 unspecified atom stereocenters. The van der Waals surface area contributed by atoms with Gasteiger partial charge in [-0.2, -0.15) is 0 Å². The van der Waals surface area contributed by atoms with Gasteiger partial charge in [0.25, 0.3) is 0 Å². The van der Waals surface area contributed by atoms with E-state index in [2.05, 4.69) is 36.4 Å². The Labute approximate surface area is 188 Å². The van der Waals surface area contributed by atoms with Crippen LogP contribution in [0.1, 0.15) is 44.2 Å². The highest BCUT2D eigenvalue weighted by atomic mass is 79.9. The summed E-state index contributed by atoms with van der Waals surface area (Å²) in [4.78, 5) is 1.35. The molecule has 5 heteroatoms. The van der Waals surface area contributed by atoms with Crippen molar-refractivity contribution in [2.45, 2.75) is 56.7 Å². The molecule has 0 saturated heterocycles. The van der Waals surface area contributed by atoms with E-state index < -0.39 is 21.6 Å². The Morgan fingerprint density at radius 3 is 1.72 bits per heavy atom. The molecule has 0 spiro atoms. The molecule has 0 aromatic heterocycles. The van der Waals surface area contributed by atoms with Gasteiger partial charge in [0.1, 0.15) is 4.24 Å². The normalized spacial score (nSPS) is 13.6. The maximum Gasteiger partial charge on any atom is 0.109 e. The Kier molecular flexibility index (Phi) is 8.80. The van der Waals surface area contributed by atoms with Gasteiger partial charge < -0.3 is 0 Å².